The Balaban J connectivity index is 0. The van der Waals surface area contributed by atoms with Crippen LogP contribution in [0.2, 0.25) is 0 Å². The molecule has 0 spiro atoms. The monoisotopic (exact) mass is 465 g/mol. The van der Waals surface area contributed by atoms with E-state index in [4.69, 9.17) is 4.74 Å². The summed E-state index contributed by atoms with van der Waals surface area (Å²) in [6.07, 6.45) is 16.1. The first kappa shape index (κ1) is 33.4. The van der Waals surface area contributed by atoms with Gasteiger partial charge in [0.15, 0.2) is 0 Å². The van der Waals surface area contributed by atoms with Crippen LogP contribution in [-0.4, -0.2) is 30.5 Å². The molecule has 0 radical (unpaired) electrons. The van der Waals surface area contributed by atoms with Crippen LogP contribution in [0.25, 0.3) is 0 Å². The van der Waals surface area contributed by atoms with Crippen LogP contribution < -0.4 is 61.8 Å². The second kappa shape index (κ2) is 24.8. The fraction of sp³-hybridized carbons (Fsp3) is 0.875. The Bertz CT molecular complexity index is 459. The number of carboxylic acid groups (broad SMARTS) is 1. The van der Waals surface area contributed by atoms with Gasteiger partial charge < -0.3 is 20.0 Å². The fourth-order valence-corrected chi connectivity index (χ4v) is 3.38. The number of rotatable bonds is 21. The predicted molar refractivity (Wildman–Crippen MR) is 118 cm³/mol. The van der Waals surface area contributed by atoms with Crippen LogP contribution in [0.15, 0.2) is 0 Å². The van der Waals surface area contributed by atoms with Crippen LogP contribution in [0, 0.1) is 0 Å². The Labute approximate surface area is 232 Å². The fourth-order valence-electron chi connectivity index (χ4n) is 3.38. The summed E-state index contributed by atoms with van der Waals surface area (Å²) in [5.74, 6) is -2.42. The van der Waals surface area contributed by atoms with Gasteiger partial charge in [0.25, 0.3) is 0 Å². The van der Waals surface area contributed by atoms with E-state index >= 15 is 0 Å². The van der Waals surface area contributed by atoms with Crippen molar-refractivity contribution in [2.24, 2.45) is 0 Å². The molecule has 6 nitrogen and oxygen atoms in total. The van der Waals surface area contributed by atoms with Crippen LogP contribution in [0.5, 0.6) is 0 Å². The minimum absolute atomic E-state index is 0. The molecule has 7 heteroatoms. The minimum atomic E-state index is -1.21. The standard InChI is InChI=1S/C24H45NO5.K/c1-3-5-7-8-9-10-11-12-13-14-15-17-23(28)30-24(29)21(18-19-22(26)27)25-20-16-6-4-2;/h21,25H,3-20H2,1-2H3,(H,26,27);/q;+1/p-1/t21-;/m0./s1. The van der Waals surface area contributed by atoms with E-state index in [9.17, 15) is 19.5 Å². The Morgan fingerprint density at radius 3 is 1.74 bits per heavy atom. The van der Waals surface area contributed by atoms with E-state index in [1.54, 1.807) is 0 Å². The third kappa shape index (κ3) is 23.2. The zero-order chi connectivity index (χ0) is 22.5. The number of hydrogen-bond acceptors (Lipinski definition) is 6. The number of carbonyl (C=O) groups excluding carboxylic acids is 3. The van der Waals surface area contributed by atoms with Crippen molar-refractivity contribution >= 4 is 17.9 Å². The number of nitrogens with one attached hydrogen (secondary N) is 1. The molecule has 1 atom stereocenters. The summed E-state index contributed by atoms with van der Waals surface area (Å²) in [4.78, 5) is 34.8. The van der Waals surface area contributed by atoms with Gasteiger partial charge in [0.2, 0.25) is 0 Å². The smallest absolute Gasteiger partial charge is 0.550 e. The molecule has 0 aromatic heterocycles. The molecule has 176 valence electrons. The van der Waals surface area contributed by atoms with Gasteiger partial charge in [-0.2, -0.15) is 0 Å². The topological polar surface area (TPSA) is 95.5 Å². The first-order valence-corrected chi connectivity index (χ1v) is 12.2. The maximum atomic E-state index is 12.2. The molecular weight excluding hydrogens is 421 g/mol. The van der Waals surface area contributed by atoms with Gasteiger partial charge >= 0.3 is 63.3 Å². The van der Waals surface area contributed by atoms with Gasteiger partial charge in [0, 0.05) is 12.4 Å². The second-order valence-corrected chi connectivity index (χ2v) is 8.20. The normalized spacial score (nSPS) is 11.5. The number of hydrogen-bond donors (Lipinski definition) is 1. The van der Waals surface area contributed by atoms with Crippen LogP contribution in [0.4, 0.5) is 0 Å². The second-order valence-electron chi connectivity index (χ2n) is 8.20. The van der Waals surface area contributed by atoms with E-state index < -0.39 is 23.9 Å². The third-order valence-corrected chi connectivity index (χ3v) is 5.29. The van der Waals surface area contributed by atoms with Crippen LogP contribution in [-0.2, 0) is 19.1 Å². The molecule has 0 saturated carbocycles. The van der Waals surface area contributed by atoms with Gasteiger partial charge in [-0.05, 0) is 32.2 Å². The van der Waals surface area contributed by atoms with Crippen LogP contribution in [0.3, 0.4) is 0 Å². The SMILES string of the molecule is CCCCCCCCCCCCCC(=O)OC(=O)[C@H](CCC(=O)[O-])NCCCCC.[K+]. The molecule has 0 amide bonds. The number of ether oxygens (including phenoxy) is 1. The Kier molecular flexibility index (Phi) is 26.7. The largest absolute Gasteiger partial charge is 1.00 e. The Morgan fingerprint density at radius 2 is 1.23 bits per heavy atom. The number of carboxylic acids is 1. The summed E-state index contributed by atoms with van der Waals surface area (Å²) >= 11 is 0. The number of carbonyl (C=O) groups is 3. The van der Waals surface area contributed by atoms with E-state index in [0.717, 1.165) is 38.5 Å². The van der Waals surface area contributed by atoms with Gasteiger partial charge in [-0.1, -0.05) is 90.9 Å². The summed E-state index contributed by atoms with van der Waals surface area (Å²) in [5.41, 5.74) is 0. The molecule has 0 aromatic carbocycles. The molecule has 1 N–H and O–H groups in total. The zero-order valence-electron chi connectivity index (χ0n) is 20.3. The molecule has 0 fully saturated rings. The van der Waals surface area contributed by atoms with Crippen LogP contribution >= 0.6 is 0 Å². The number of unbranched alkanes of at least 4 members (excludes halogenated alkanes) is 12. The van der Waals surface area contributed by atoms with Crippen molar-refractivity contribution in [3.63, 3.8) is 0 Å². The summed E-state index contributed by atoms with van der Waals surface area (Å²) in [6.45, 7) is 4.90. The summed E-state index contributed by atoms with van der Waals surface area (Å²) in [6, 6.07) is -0.777. The molecular formula is C24H44KNO5. The molecule has 0 heterocycles. The first-order valence-electron chi connectivity index (χ1n) is 12.2. The molecule has 0 unspecified atom stereocenters. The molecule has 0 saturated heterocycles. The number of aliphatic carboxylic acids is 1. The van der Waals surface area contributed by atoms with Crippen molar-refractivity contribution in [2.45, 2.75) is 129 Å². The van der Waals surface area contributed by atoms with E-state index in [-0.39, 0.29) is 70.6 Å². The third-order valence-electron chi connectivity index (χ3n) is 5.29. The molecule has 0 aromatic rings. The van der Waals surface area contributed by atoms with Crippen LogP contribution in [0.1, 0.15) is 123 Å². The van der Waals surface area contributed by atoms with Gasteiger partial charge in [0.05, 0.1) is 0 Å². The number of esters is 2. The summed E-state index contributed by atoms with van der Waals surface area (Å²) < 4.78 is 4.94. The summed E-state index contributed by atoms with van der Waals surface area (Å²) in [7, 11) is 0. The minimum Gasteiger partial charge on any atom is -0.550 e. The van der Waals surface area contributed by atoms with Crippen molar-refractivity contribution < 1.29 is 75.6 Å². The maximum absolute atomic E-state index is 12.2. The molecule has 0 aliphatic carbocycles. The van der Waals surface area contributed by atoms with E-state index in [0.29, 0.717) is 6.54 Å². The molecule has 0 rings (SSSR count). The Morgan fingerprint density at radius 1 is 0.742 bits per heavy atom. The predicted octanol–water partition coefficient (Wildman–Crippen LogP) is 1.44. The van der Waals surface area contributed by atoms with Gasteiger partial charge in [-0.25, -0.2) is 4.79 Å². The van der Waals surface area contributed by atoms with Gasteiger partial charge in [-0.15, -0.1) is 0 Å². The van der Waals surface area contributed by atoms with Crippen molar-refractivity contribution in [1.29, 1.82) is 0 Å². The average molecular weight is 466 g/mol. The van der Waals surface area contributed by atoms with Gasteiger partial charge in [-0.3, -0.25) is 4.79 Å². The van der Waals surface area contributed by atoms with E-state index in [1.807, 2.05) is 0 Å². The van der Waals surface area contributed by atoms with E-state index in [2.05, 4.69) is 19.2 Å². The zero-order valence-corrected chi connectivity index (χ0v) is 23.5. The van der Waals surface area contributed by atoms with Crippen molar-refractivity contribution in [3.8, 4) is 0 Å². The van der Waals surface area contributed by atoms with Crippen molar-refractivity contribution in [3.05, 3.63) is 0 Å². The quantitative estimate of drug-likeness (QED) is 0.119. The van der Waals surface area contributed by atoms with Gasteiger partial charge in [0.1, 0.15) is 6.04 Å². The molecule has 0 aliphatic rings. The maximum Gasteiger partial charge on any atom is 1.00 e. The van der Waals surface area contributed by atoms with Crippen molar-refractivity contribution in [2.75, 3.05) is 6.54 Å². The Hall–Kier alpha value is 0.206. The first-order chi connectivity index (χ1) is 14.5. The molecule has 31 heavy (non-hydrogen) atoms. The average Bonchev–Trinajstić information content (AvgIpc) is 2.71. The summed E-state index contributed by atoms with van der Waals surface area (Å²) in [5, 5.41) is 13.7. The molecule has 0 bridgehead atoms. The van der Waals surface area contributed by atoms with E-state index in [1.165, 1.54) is 51.4 Å². The van der Waals surface area contributed by atoms with Crippen molar-refractivity contribution in [1.82, 2.24) is 5.32 Å². The molecule has 0 aliphatic heterocycles.